The van der Waals surface area contributed by atoms with E-state index in [0.29, 0.717) is 17.4 Å². The number of alkyl carbamates (subject to hydrolysis) is 1. The van der Waals surface area contributed by atoms with E-state index in [1.54, 1.807) is 5.57 Å². The summed E-state index contributed by atoms with van der Waals surface area (Å²) in [6.45, 7) is 14.0. The average Bonchev–Trinajstić information content (AvgIpc) is 3.16. The highest BCUT2D eigenvalue weighted by Gasteiger charge is 2.59. The quantitative estimate of drug-likeness (QED) is 0.302. The van der Waals surface area contributed by atoms with Crippen LogP contribution in [0.15, 0.2) is 11.6 Å². The number of nitrogens with one attached hydrogen (secondary N) is 1. The summed E-state index contributed by atoms with van der Waals surface area (Å²) in [6.07, 6.45) is 16.7. The highest BCUT2D eigenvalue weighted by Crippen LogP contribution is 2.67. The van der Waals surface area contributed by atoms with Crippen molar-refractivity contribution in [3.05, 3.63) is 11.6 Å². The number of likely N-dealkylation sites (N-methyl/N-ethyl adjacent to an activating group) is 1. The number of carbonyl (C=O) groups is 1. The molecule has 4 aliphatic carbocycles. The molecule has 3 fully saturated rings. The molecule has 37 heavy (non-hydrogen) atoms. The standard InChI is InChI=1S/C32H56N2O2.ClH/c1-22(2)9-8-10-23(3)27-13-14-28-26-12-11-24-21-25(36-30(35)33-19-20-34(6)7)15-17-31(24,4)29(26)16-18-32(27,28)5;/h11,22-23,25-29H,8-10,12-21H2,1-7H3,(H,33,35);1H/t23-,25+,26?,27-,28?,29?,31+,32-;/m1./s1. The van der Waals surface area contributed by atoms with Crippen molar-refractivity contribution >= 4 is 18.5 Å². The first-order chi connectivity index (χ1) is 17.0. The monoisotopic (exact) mass is 536 g/mol. The van der Waals surface area contributed by atoms with Gasteiger partial charge in [-0.25, -0.2) is 4.79 Å². The number of hydrogen-bond acceptors (Lipinski definition) is 3. The molecule has 0 aromatic heterocycles. The van der Waals surface area contributed by atoms with Gasteiger partial charge in [-0.15, -0.1) is 12.4 Å². The summed E-state index contributed by atoms with van der Waals surface area (Å²) in [5.74, 6) is 5.21. The van der Waals surface area contributed by atoms with E-state index in [9.17, 15) is 4.79 Å². The Hall–Kier alpha value is -0.740. The summed E-state index contributed by atoms with van der Waals surface area (Å²) in [4.78, 5) is 14.4. The fourth-order valence-electron chi connectivity index (χ4n) is 9.33. The van der Waals surface area contributed by atoms with Crippen LogP contribution in [0.4, 0.5) is 4.79 Å². The van der Waals surface area contributed by atoms with Crippen LogP contribution in [0.2, 0.25) is 0 Å². The first kappa shape index (κ1) is 30.8. The number of halogens is 1. The Kier molecular flexibility index (Phi) is 10.5. The van der Waals surface area contributed by atoms with Crippen LogP contribution in [0.1, 0.15) is 105 Å². The van der Waals surface area contributed by atoms with E-state index in [4.69, 9.17) is 4.74 Å². The zero-order chi connectivity index (χ0) is 26.1. The number of fused-ring (bicyclic) bond motifs is 5. The Morgan fingerprint density at radius 1 is 1.08 bits per heavy atom. The molecule has 0 bridgehead atoms. The van der Waals surface area contributed by atoms with Crippen LogP contribution in [0.3, 0.4) is 0 Å². The maximum atomic E-state index is 12.3. The molecule has 214 valence electrons. The molecular weight excluding hydrogens is 480 g/mol. The molecule has 0 radical (unpaired) electrons. The van der Waals surface area contributed by atoms with E-state index in [-0.39, 0.29) is 24.6 Å². The lowest BCUT2D eigenvalue weighted by molar-refractivity contribution is -0.0581. The third-order valence-corrected chi connectivity index (χ3v) is 11.4. The van der Waals surface area contributed by atoms with Gasteiger partial charge in [0.15, 0.2) is 0 Å². The van der Waals surface area contributed by atoms with Gasteiger partial charge in [0.1, 0.15) is 6.10 Å². The zero-order valence-electron chi connectivity index (χ0n) is 25.0. The molecule has 0 heterocycles. The van der Waals surface area contributed by atoms with E-state index in [1.807, 2.05) is 14.1 Å². The van der Waals surface area contributed by atoms with Crippen LogP contribution < -0.4 is 5.32 Å². The van der Waals surface area contributed by atoms with Gasteiger partial charge in [-0.3, -0.25) is 0 Å². The fourth-order valence-corrected chi connectivity index (χ4v) is 9.33. The maximum absolute atomic E-state index is 12.3. The van der Waals surface area contributed by atoms with Crippen molar-refractivity contribution < 1.29 is 9.53 Å². The molecule has 5 heteroatoms. The molecule has 1 N–H and O–H groups in total. The predicted octanol–water partition coefficient (Wildman–Crippen LogP) is 8.11. The largest absolute Gasteiger partial charge is 0.446 e. The molecule has 8 atom stereocenters. The molecule has 0 saturated heterocycles. The maximum Gasteiger partial charge on any atom is 0.407 e. The van der Waals surface area contributed by atoms with Crippen LogP contribution in [-0.4, -0.2) is 44.3 Å². The van der Waals surface area contributed by atoms with Crippen molar-refractivity contribution in [2.75, 3.05) is 27.2 Å². The normalized spacial score (nSPS) is 37.6. The molecule has 0 aromatic carbocycles. The number of rotatable bonds is 9. The Morgan fingerprint density at radius 3 is 2.54 bits per heavy atom. The predicted molar refractivity (Wildman–Crippen MR) is 157 cm³/mol. The van der Waals surface area contributed by atoms with Crippen LogP contribution in [-0.2, 0) is 4.74 Å². The molecule has 4 aliphatic rings. The molecule has 0 aromatic rings. The summed E-state index contributed by atoms with van der Waals surface area (Å²) < 4.78 is 5.87. The molecule has 3 unspecified atom stereocenters. The number of nitrogens with zero attached hydrogens (tertiary/aromatic N) is 1. The summed E-state index contributed by atoms with van der Waals surface area (Å²) in [5, 5.41) is 2.93. The fraction of sp³-hybridized carbons (Fsp3) is 0.906. The second kappa shape index (κ2) is 12.6. The van der Waals surface area contributed by atoms with Gasteiger partial charge in [0.25, 0.3) is 0 Å². The summed E-state index contributed by atoms with van der Waals surface area (Å²) >= 11 is 0. The Bertz CT molecular complexity index is 798. The summed E-state index contributed by atoms with van der Waals surface area (Å²) in [6, 6.07) is 0. The number of carbonyl (C=O) groups excluding carboxylic acids is 1. The van der Waals surface area contributed by atoms with E-state index in [0.717, 1.165) is 54.9 Å². The average molecular weight is 537 g/mol. The van der Waals surface area contributed by atoms with Gasteiger partial charge in [-0.1, -0.05) is 65.5 Å². The van der Waals surface area contributed by atoms with Gasteiger partial charge in [0.2, 0.25) is 0 Å². The topological polar surface area (TPSA) is 41.6 Å². The van der Waals surface area contributed by atoms with Crippen molar-refractivity contribution in [3.8, 4) is 0 Å². The first-order valence-electron chi connectivity index (χ1n) is 15.3. The first-order valence-corrected chi connectivity index (χ1v) is 15.3. The second-order valence-electron chi connectivity index (χ2n) is 14.3. The minimum absolute atomic E-state index is 0. The number of allylic oxidation sites excluding steroid dienone is 1. The molecule has 4 nitrogen and oxygen atoms in total. The number of ether oxygens (including phenoxy) is 1. The summed E-state index contributed by atoms with van der Waals surface area (Å²) in [7, 11) is 4.04. The van der Waals surface area contributed by atoms with Crippen LogP contribution in [0, 0.1) is 46.3 Å². The minimum Gasteiger partial charge on any atom is -0.446 e. The lowest BCUT2D eigenvalue weighted by Gasteiger charge is -2.58. The lowest BCUT2D eigenvalue weighted by atomic mass is 9.47. The van der Waals surface area contributed by atoms with E-state index < -0.39 is 0 Å². The third kappa shape index (κ3) is 6.53. The van der Waals surface area contributed by atoms with E-state index in [2.05, 4.69) is 50.9 Å². The Morgan fingerprint density at radius 2 is 1.84 bits per heavy atom. The third-order valence-electron chi connectivity index (χ3n) is 11.4. The van der Waals surface area contributed by atoms with Crippen LogP contribution >= 0.6 is 12.4 Å². The highest BCUT2D eigenvalue weighted by atomic mass is 35.5. The molecule has 1 amide bonds. The molecule has 3 saturated carbocycles. The van der Waals surface area contributed by atoms with Crippen molar-refractivity contribution in [1.82, 2.24) is 10.2 Å². The number of hydrogen-bond donors (Lipinski definition) is 1. The Labute approximate surface area is 234 Å². The van der Waals surface area contributed by atoms with Gasteiger partial charge in [0, 0.05) is 19.5 Å². The Balaban J connectivity index is 0.00000380. The molecule has 0 aliphatic heterocycles. The lowest BCUT2D eigenvalue weighted by Crippen LogP contribution is -2.51. The minimum atomic E-state index is -0.243. The molecule has 4 rings (SSSR count). The van der Waals surface area contributed by atoms with E-state index >= 15 is 0 Å². The SMILES string of the molecule is CC(C)CCC[C@@H](C)[C@H]1CCC2C3CC=C4C[C@@H](OC(=O)NCCN(C)C)CC[C@]4(C)C3CC[C@@]21C.Cl. The van der Waals surface area contributed by atoms with Crippen LogP contribution in [0.5, 0.6) is 0 Å². The molecule has 0 spiro atoms. The van der Waals surface area contributed by atoms with Gasteiger partial charge in [0.05, 0.1) is 0 Å². The van der Waals surface area contributed by atoms with Gasteiger partial charge in [-0.2, -0.15) is 0 Å². The summed E-state index contributed by atoms with van der Waals surface area (Å²) in [5.41, 5.74) is 2.46. The van der Waals surface area contributed by atoms with Crippen molar-refractivity contribution in [2.45, 2.75) is 111 Å². The smallest absolute Gasteiger partial charge is 0.407 e. The second-order valence-corrected chi connectivity index (χ2v) is 14.3. The van der Waals surface area contributed by atoms with Crippen LogP contribution in [0.25, 0.3) is 0 Å². The van der Waals surface area contributed by atoms with Gasteiger partial charge >= 0.3 is 6.09 Å². The van der Waals surface area contributed by atoms with Gasteiger partial charge in [-0.05, 0) is 105 Å². The highest BCUT2D eigenvalue weighted by molar-refractivity contribution is 5.85. The molecular formula is C32H57ClN2O2. The zero-order valence-corrected chi connectivity index (χ0v) is 25.8. The number of amides is 1. The van der Waals surface area contributed by atoms with E-state index in [1.165, 1.54) is 57.8 Å². The van der Waals surface area contributed by atoms with Crippen molar-refractivity contribution in [2.24, 2.45) is 46.3 Å². The van der Waals surface area contributed by atoms with Gasteiger partial charge < -0.3 is 15.0 Å². The van der Waals surface area contributed by atoms with Crippen molar-refractivity contribution in [3.63, 3.8) is 0 Å². The van der Waals surface area contributed by atoms with Crippen molar-refractivity contribution in [1.29, 1.82) is 0 Å².